The zero-order valence-electron chi connectivity index (χ0n) is 10.6. The van der Waals surface area contributed by atoms with E-state index in [9.17, 15) is 8.78 Å². The van der Waals surface area contributed by atoms with Crippen molar-refractivity contribution < 1.29 is 13.3 Å². The molecule has 3 aromatic rings. The van der Waals surface area contributed by atoms with E-state index in [0.717, 1.165) is 6.07 Å². The van der Waals surface area contributed by atoms with Gasteiger partial charge in [0.1, 0.15) is 5.69 Å². The number of hydrogen-bond acceptors (Lipinski definition) is 3. The second-order valence-electron chi connectivity index (χ2n) is 4.38. The second kappa shape index (κ2) is 5.18. The largest absolute Gasteiger partial charge is 0.367 e. The van der Waals surface area contributed by atoms with Crippen molar-refractivity contribution >= 4 is 17.5 Å². The number of nitrogens with two attached hydrogens (primary N) is 1. The summed E-state index contributed by atoms with van der Waals surface area (Å²) in [6.07, 6.45) is 0. The molecule has 0 aliphatic rings. The Balaban J connectivity index is 2.24. The van der Waals surface area contributed by atoms with Gasteiger partial charge in [-0.2, -0.15) is 0 Å². The first-order valence-corrected chi connectivity index (χ1v) is 6.41. The molecule has 1 heterocycles. The summed E-state index contributed by atoms with van der Waals surface area (Å²) >= 11 is 5.94. The highest BCUT2D eigenvalue weighted by molar-refractivity contribution is 6.30. The summed E-state index contributed by atoms with van der Waals surface area (Å²) in [7, 11) is 0. The molecular weight excluding hydrogens is 298 g/mol. The van der Waals surface area contributed by atoms with Gasteiger partial charge in [0.2, 0.25) is 5.88 Å². The van der Waals surface area contributed by atoms with Crippen molar-refractivity contribution in [2.24, 2.45) is 0 Å². The lowest BCUT2D eigenvalue weighted by atomic mass is 10.0. The maximum Gasteiger partial charge on any atom is 0.230 e. The summed E-state index contributed by atoms with van der Waals surface area (Å²) in [6.45, 7) is 0. The molecule has 0 atom stereocenters. The van der Waals surface area contributed by atoms with E-state index in [4.69, 9.17) is 21.9 Å². The van der Waals surface area contributed by atoms with Crippen LogP contribution in [-0.4, -0.2) is 5.16 Å². The summed E-state index contributed by atoms with van der Waals surface area (Å²) in [6, 6.07) is 10.6. The summed E-state index contributed by atoms with van der Waals surface area (Å²) in [4.78, 5) is 0. The van der Waals surface area contributed by atoms with Crippen LogP contribution < -0.4 is 5.73 Å². The molecule has 0 unspecified atom stereocenters. The van der Waals surface area contributed by atoms with Crippen LogP contribution in [0.25, 0.3) is 22.4 Å². The van der Waals surface area contributed by atoms with Crippen LogP contribution in [0.3, 0.4) is 0 Å². The van der Waals surface area contributed by atoms with Crippen molar-refractivity contribution in [1.82, 2.24) is 5.16 Å². The van der Waals surface area contributed by atoms with Crippen molar-refractivity contribution in [3.63, 3.8) is 0 Å². The Kier molecular flexibility index (Phi) is 3.35. The fourth-order valence-corrected chi connectivity index (χ4v) is 2.29. The van der Waals surface area contributed by atoms with Gasteiger partial charge in [0.05, 0.1) is 5.56 Å². The van der Waals surface area contributed by atoms with E-state index >= 15 is 0 Å². The van der Waals surface area contributed by atoms with Crippen molar-refractivity contribution in [2.45, 2.75) is 0 Å². The minimum Gasteiger partial charge on any atom is -0.367 e. The Morgan fingerprint density at radius 2 is 1.86 bits per heavy atom. The summed E-state index contributed by atoms with van der Waals surface area (Å²) < 4.78 is 32.3. The predicted octanol–water partition coefficient (Wildman–Crippen LogP) is 4.52. The standard InChI is InChI=1S/C15H9ClF2N2O/c16-9-4-1-3-8(7-9)12-14(20-21-15(12)19)10-5-2-6-11(17)13(10)18/h1-7H,19H2. The Morgan fingerprint density at radius 3 is 2.62 bits per heavy atom. The second-order valence-corrected chi connectivity index (χ2v) is 4.82. The number of benzene rings is 2. The first-order chi connectivity index (χ1) is 10.1. The molecule has 6 heteroatoms. The summed E-state index contributed by atoms with van der Waals surface area (Å²) in [5.74, 6) is -1.96. The lowest BCUT2D eigenvalue weighted by Gasteiger charge is -2.05. The molecule has 2 N–H and O–H groups in total. The van der Waals surface area contributed by atoms with Crippen molar-refractivity contribution in [3.05, 3.63) is 59.1 Å². The molecule has 0 radical (unpaired) electrons. The Morgan fingerprint density at radius 1 is 1.10 bits per heavy atom. The maximum absolute atomic E-state index is 13.9. The van der Waals surface area contributed by atoms with Crippen LogP contribution in [0.2, 0.25) is 5.02 Å². The molecule has 0 amide bonds. The zero-order chi connectivity index (χ0) is 15.0. The molecule has 1 aromatic heterocycles. The lowest BCUT2D eigenvalue weighted by molar-refractivity contribution is 0.438. The fraction of sp³-hybridized carbons (Fsp3) is 0. The highest BCUT2D eigenvalue weighted by atomic mass is 35.5. The van der Waals surface area contributed by atoms with Gasteiger partial charge in [-0.1, -0.05) is 35.0 Å². The third-order valence-electron chi connectivity index (χ3n) is 3.04. The van der Waals surface area contributed by atoms with Crippen LogP contribution in [0.5, 0.6) is 0 Å². The smallest absolute Gasteiger partial charge is 0.230 e. The average Bonchev–Trinajstić information content (AvgIpc) is 2.83. The maximum atomic E-state index is 13.9. The molecule has 2 aromatic carbocycles. The minimum atomic E-state index is -1.01. The highest BCUT2D eigenvalue weighted by Crippen LogP contribution is 2.38. The first-order valence-electron chi connectivity index (χ1n) is 6.03. The van der Waals surface area contributed by atoms with E-state index in [0.29, 0.717) is 16.1 Å². The Bertz CT molecular complexity index is 817. The predicted molar refractivity (Wildman–Crippen MR) is 76.7 cm³/mol. The number of rotatable bonds is 2. The van der Waals surface area contributed by atoms with E-state index in [2.05, 4.69) is 5.16 Å². The molecule has 0 bridgehead atoms. The van der Waals surface area contributed by atoms with Crippen LogP contribution >= 0.6 is 11.6 Å². The zero-order valence-corrected chi connectivity index (χ0v) is 11.4. The van der Waals surface area contributed by atoms with Crippen LogP contribution in [0.15, 0.2) is 47.0 Å². The molecule has 3 rings (SSSR count). The van der Waals surface area contributed by atoms with Crippen LogP contribution in [0.4, 0.5) is 14.7 Å². The van der Waals surface area contributed by atoms with Crippen LogP contribution in [0, 0.1) is 11.6 Å². The quantitative estimate of drug-likeness (QED) is 0.757. The molecule has 0 aliphatic heterocycles. The molecule has 21 heavy (non-hydrogen) atoms. The van der Waals surface area contributed by atoms with E-state index < -0.39 is 11.6 Å². The molecule has 3 nitrogen and oxygen atoms in total. The van der Waals surface area contributed by atoms with Crippen molar-refractivity contribution in [1.29, 1.82) is 0 Å². The number of halogens is 3. The first kappa shape index (κ1) is 13.6. The van der Waals surface area contributed by atoms with Gasteiger partial charge in [-0.05, 0) is 29.8 Å². The van der Waals surface area contributed by atoms with Gasteiger partial charge in [-0.15, -0.1) is 0 Å². The normalized spacial score (nSPS) is 10.8. The number of anilines is 1. The van der Waals surface area contributed by atoms with Crippen molar-refractivity contribution in [2.75, 3.05) is 5.73 Å². The lowest BCUT2D eigenvalue weighted by Crippen LogP contribution is -1.92. The number of aromatic nitrogens is 1. The summed E-state index contributed by atoms with van der Waals surface area (Å²) in [5, 5.41) is 4.23. The Labute approximate surface area is 123 Å². The van der Waals surface area contributed by atoms with Gasteiger partial charge in [-0.3, -0.25) is 0 Å². The van der Waals surface area contributed by atoms with Gasteiger partial charge in [-0.25, -0.2) is 8.78 Å². The Hall–Kier alpha value is -2.40. The molecule has 106 valence electrons. The van der Waals surface area contributed by atoms with E-state index in [1.165, 1.54) is 12.1 Å². The molecular formula is C15H9ClF2N2O. The molecule has 0 spiro atoms. The average molecular weight is 307 g/mol. The number of nitrogen functional groups attached to an aromatic ring is 1. The monoisotopic (exact) mass is 306 g/mol. The van der Waals surface area contributed by atoms with E-state index in [1.807, 2.05) is 0 Å². The topological polar surface area (TPSA) is 52.0 Å². The van der Waals surface area contributed by atoms with Gasteiger partial charge in [0.25, 0.3) is 0 Å². The molecule has 0 aliphatic carbocycles. The SMILES string of the molecule is Nc1onc(-c2cccc(F)c2F)c1-c1cccc(Cl)c1. The number of hydrogen-bond donors (Lipinski definition) is 1. The molecule has 0 saturated carbocycles. The highest BCUT2D eigenvalue weighted by Gasteiger charge is 2.21. The molecule has 0 saturated heterocycles. The molecule has 0 fully saturated rings. The van der Waals surface area contributed by atoms with E-state index in [1.54, 1.807) is 24.3 Å². The van der Waals surface area contributed by atoms with Gasteiger partial charge in [0, 0.05) is 10.6 Å². The van der Waals surface area contributed by atoms with Crippen LogP contribution in [0.1, 0.15) is 0 Å². The van der Waals surface area contributed by atoms with Crippen molar-refractivity contribution in [3.8, 4) is 22.4 Å². The number of nitrogens with zero attached hydrogens (tertiary/aromatic N) is 1. The van der Waals surface area contributed by atoms with Gasteiger partial charge < -0.3 is 10.3 Å². The third kappa shape index (κ3) is 2.36. The summed E-state index contributed by atoms with van der Waals surface area (Å²) in [5.41, 5.74) is 6.86. The third-order valence-corrected chi connectivity index (χ3v) is 3.27. The fourth-order valence-electron chi connectivity index (χ4n) is 2.10. The van der Waals surface area contributed by atoms with Crippen LogP contribution in [-0.2, 0) is 0 Å². The minimum absolute atomic E-state index is 0.0101. The van der Waals surface area contributed by atoms with Gasteiger partial charge >= 0.3 is 0 Å². The van der Waals surface area contributed by atoms with Gasteiger partial charge in [0.15, 0.2) is 11.6 Å². The van der Waals surface area contributed by atoms with E-state index in [-0.39, 0.29) is 17.1 Å².